The number of hydrogen-bond donors (Lipinski definition) is 1. The summed E-state index contributed by atoms with van der Waals surface area (Å²) in [7, 11) is -3.62. The Hall–Kier alpha value is -2.34. The summed E-state index contributed by atoms with van der Waals surface area (Å²) in [5, 5.41) is 2.91. The molecule has 0 bridgehead atoms. The number of amides is 1. The van der Waals surface area contributed by atoms with Crippen molar-refractivity contribution in [3.63, 3.8) is 0 Å². The van der Waals surface area contributed by atoms with Gasteiger partial charge in [-0.25, -0.2) is 8.42 Å². The van der Waals surface area contributed by atoms with Crippen LogP contribution in [-0.4, -0.2) is 20.9 Å². The Morgan fingerprint density at radius 2 is 1.85 bits per heavy atom. The van der Waals surface area contributed by atoms with Crippen molar-refractivity contribution in [2.45, 2.75) is 37.5 Å². The lowest BCUT2D eigenvalue weighted by atomic mass is 10.0. The number of anilines is 2. The highest BCUT2D eigenvalue weighted by molar-refractivity contribution is 7.92. The number of hydrogen-bond acceptors (Lipinski definition) is 3. The highest BCUT2D eigenvalue weighted by atomic mass is 32.2. The molecule has 1 heterocycles. The summed E-state index contributed by atoms with van der Waals surface area (Å²) >= 11 is 0. The summed E-state index contributed by atoms with van der Waals surface area (Å²) in [5.74, 6) is 0.132. The zero-order valence-electron chi connectivity index (χ0n) is 14.7. The third-order valence-corrected chi connectivity index (χ3v) is 6.81. The molecule has 136 valence electrons. The van der Waals surface area contributed by atoms with Crippen LogP contribution in [0.15, 0.2) is 47.4 Å². The Kier molecular flexibility index (Phi) is 4.23. The predicted octanol–water partition coefficient (Wildman–Crippen LogP) is 3.49. The van der Waals surface area contributed by atoms with Crippen LogP contribution in [-0.2, 0) is 21.2 Å². The molecular weight excluding hydrogens is 348 g/mol. The number of nitrogens with zero attached hydrogens (tertiary/aromatic N) is 1. The number of nitrogens with one attached hydrogen (secondary N) is 1. The molecule has 2 aromatic carbocycles. The highest BCUT2D eigenvalue weighted by Crippen LogP contribution is 2.35. The number of aryl methyl sites for hydroxylation is 2. The van der Waals surface area contributed by atoms with Gasteiger partial charge in [-0.2, -0.15) is 0 Å². The van der Waals surface area contributed by atoms with E-state index in [0.717, 1.165) is 36.8 Å². The Morgan fingerprint density at radius 1 is 1.12 bits per heavy atom. The third kappa shape index (κ3) is 3.21. The monoisotopic (exact) mass is 370 g/mol. The molecule has 6 heteroatoms. The number of sulfonamides is 1. The Labute approximate surface area is 154 Å². The van der Waals surface area contributed by atoms with Gasteiger partial charge in [0.05, 0.1) is 10.6 Å². The van der Waals surface area contributed by atoms with Crippen molar-refractivity contribution in [2.24, 2.45) is 5.92 Å². The fraction of sp³-hybridized carbons (Fsp3) is 0.350. The van der Waals surface area contributed by atoms with E-state index in [1.807, 2.05) is 31.2 Å². The molecule has 1 saturated carbocycles. The molecule has 0 aromatic heterocycles. The first-order valence-corrected chi connectivity index (χ1v) is 10.4. The van der Waals surface area contributed by atoms with Crippen LogP contribution in [0.5, 0.6) is 0 Å². The molecule has 0 unspecified atom stereocenters. The maximum atomic E-state index is 13.2. The average Bonchev–Trinajstić information content (AvgIpc) is 3.46. The summed E-state index contributed by atoms with van der Waals surface area (Å²) in [6.07, 6.45) is 3.49. The maximum Gasteiger partial charge on any atom is 0.264 e. The Bertz CT molecular complexity index is 948. The van der Waals surface area contributed by atoms with Gasteiger partial charge in [-0.3, -0.25) is 9.10 Å². The van der Waals surface area contributed by atoms with E-state index in [1.54, 1.807) is 18.2 Å². The number of carbonyl (C=O) groups is 1. The van der Waals surface area contributed by atoms with E-state index < -0.39 is 10.0 Å². The maximum absolute atomic E-state index is 13.2. The first-order valence-electron chi connectivity index (χ1n) is 8.98. The van der Waals surface area contributed by atoms with E-state index in [9.17, 15) is 13.2 Å². The minimum atomic E-state index is -3.62. The van der Waals surface area contributed by atoms with Gasteiger partial charge in [0.2, 0.25) is 5.91 Å². The van der Waals surface area contributed by atoms with Gasteiger partial charge >= 0.3 is 0 Å². The molecule has 4 rings (SSSR count). The van der Waals surface area contributed by atoms with Crippen molar-refractivity contribution in [1.29, 1.82) is 0 Å². The molecule has 0 radical (unpaired) electrons. The minimum absolute atomic E-state index is 0.0219. The van der Waals surface area contributed by atoms with Gasteiger partial charge in [0.1, 0.15) is 0 Å². The zero-order valence-corrected chi connectivity index (χ0v) is 15.6. The van der Waals surface area contributed by atoms with E-state index >= 15 is 0 Å². The van der Waals surface area contributed by atoms with Crippen molar-refractivity contribution < 1.29 is 13.2 Å². The molecule has 26 heavy (non-hydrogen) atoms. The van der Waals surface area contributed by atoms with Gasteiger partial charge in [-0.15, -0.1) is 0 Å². The van der Waals surface area contributed by atoms with Crippen LogP contribution in [0.4, 0.5) is 11.4 Å². The average molecular weight is 370 g/mol. The quantitative estimate of drug-likeness (QED) is 0.896. The van der Waals surface area contributed by atoms with E-state index in [4.69, 9.17) is 0 Å². The standard InChI is InChI=1S/C20H22N2O3S/c1-14-4-10-18(11-5-14)26(24,25)22-12-2-3-15-8-9-17(13-19(15)22)21-20(23)16-6-7-16/h4-5,8-11,13,16H,2-3,6-7,12H2,1H3,(H,21,23). The molecule has 0 saturated heterocycles. The molecule has 1 amide bonds. The summed E-state index contributed by atoms with van der Waals surface area (Å²) in [4.78, 5) is 12.3. The molecule has 1 aliphatic carbocycles. The van der Waals surface area contributed by atoms with Crippen molar-refractivity contribution in [3.05, 3.63) is 53.6 Å². The molecule has 1 N–H and O–H groups in total. The van der Waals surface area contributed by atoms with Crippen LogP contribution in [0.25, 0.3) is 0 Å². The van der Waals surface area contributed by atoms with Crippen LogP contribution in [0, 0.1) is 12.8 Å². The molecule has 0 spiro atoms. The van der Waals surface area contributed by atoms with E-state index in [2.05, 4.69) is 5.32 Å². The normalized spacial score (nSPS) is 16.9. The first-order chi connectivity index (χ1) is 12.4. The second kappa shape index (κ2) is 6.43. The number of carbonyl (C=O) groups excluding carboxylic acids is 1. The highest BCUT2D eigenvalue weighted by Gasteiger charge is 2.31. The topological polar surface area (TPSA) is 66.5 Å². The fourth-order valence-corrected chi connectivity index (χ4v) is 4.83. The van der Waals surface area contributed by atoms with Crippen molar-refractivity contribution in [1.82, 2.24) is 0 Å². The molecule has 1 aliphatic heterocycles. The fourth-order valence-electron chi connectivity index (χ4n) is 3.30. The van der Waals surface area contributed by atoms with Crippen LogP contribution in [0.2, 0.25) is 0 Å². The molecule has 0 atom stereocenters. The van der Waals surface area contributed by atoms with Crippen LogP contribution in [0.1, 0.15) is 30.4 Å². The van der Waals surface area contributed by atoms with Crippen LogP contribution >= 0.6 is 0 Å². The van der Waals surface area contributed by atoms with Crippen LogP contribution in [0.3, 0.4) is 0 Å². The van der Waals surface area contributed by atoms with Crippen molar-refractivity contribution in [3.8, 4) is 0 Å². The lowest BCUT2D eigenvalue weighted by molar-refractivity contribution is -0.117. The smallest absolute Gasteiger partial charge is 0.264 e. The molecule has 2 aliphatic rings. The van der Waals surface area contributed by atoms with Gasteiger partial charge in [0, 0.05) is 18.2 Å². The van der Waals surface area contributed by atoms with Crippen molar-refractivity contribution >= 4 is 27.3 Å². The van der Waals surface area contributed by atoms with Gasteiger partial charge in [0.15, 0.2) is 0 Å². The summed E-state index contributed by atoms with van der Waals surface area (Å²) in [6.45, 7) is 2.38. The number of fused-ring (bicyclic) bond motifs is 1. The Morgan fingerprint density at radius 3 is 2.54 bits per heavy atom. The predicted molar refractivity (Wildman–Crippen MR) is 102 cm³/mol. The summed E-state index contributed by atoms with van der Waals surface area (Å²) in [5.41, 5.74) is 3.35. The molecule has 2 aromatic rings. The number of rotatable bonds is 4. The molecule has 5 nitrogen and oxygen atoms in total. The van der Waals surface area contributed by atoms with E-state index in [0.29, 0.717) is 22.8 Å². The van der Waals surface area contributed by atoms with E-state index in [1.165, 1.54) is 4.31 Å². The van der Waals surface area contributed by atoms with Crippen molar-refractivity contribution in [2.75, 3.05) is 16.2 Å². The largest absolute Gasteiger partial charge is 0.326 e. The zero-order chi connectivity index (χ0) is 18.3. The van der Waals surface area contributed by atoms with Crippen LogP contribution < -0.4 is 9.62 Å². The second-order valence-corrected chi connectivity index (χ2v) is 8.96. The third-order valence-electron chi connectivity index (χ3n) is 4.99. The second-order valence-electron chi connectivity index (χ2n) is 7.10. The minimum Gasteiger partial charge on any atom is -0.326 e. The van der Waals surface area contributed by atoms with Gasteiger partial charge < -0.3 is 5.32 Å². The summed E-state index contributed by atoms with van der Waals surface area (Å²) < 4.78 is 27.8. The SMILES string of the molecule is Cc1ccc(S(=O)(=O)N2CCCc3ccc(NC(=O)C4CC4)cc32)cc1. The lowest BCUT2D eigenvalue weighted by Gasteiger charge is -2.31. The lowest BCUT2D eigenvalue weighted by Crippen LogP contribution is -2.35. The van der Waals surface area contributed by atoms with E-state index in [-0.39, 0.29) is 11.8 Å². The molecular formula is C20H22N2O3S. The first kappa shape index (κ1) is 17.1. The summed E-state index contributed by atoms with van der Waals surface area (Å²) in [6, 6.07) is 12.5. The van der Waals surface area contributed by atoms with Gasteiger partial charge in [-0.05, 0) is 62.4 Å². The number of benzene rings is 2. The Balaban J connectivity index is 1.69. The molecule has 1 fully saturated rings. The van der Waals surface area contributed by atoms with Gasteiger partial charge in [0.25, 0.3) is 10.0 Å². The van der Waals surface area contributed by atoms with Gasteiger partial charge in [-0.1, -0.05) is 23.8 Å².